The Morgan fingerprint density at radius 1 is 1.12 bits per heavy atom. The Morgan fingerprint density at radius 2 is 1.88 bits per heavy atom. The maximum atomic E-state index is 5.68. The molecule has 0 aliphatic heterocycles. The zero-order valence-electron chi connectivity index (χ0n) is 10.9. The van der Waals surface area contributed by atoms with Gasteiger partial charge in [-0.3, -0.25) is 0 Å². The van der Waals surface area contributed by atoms with Crippen LogP contribution in [0.5, 0.6) is 5.75 Å². The van der Waals surface area contributed by atoms with Crippen molar-refractivity contribution in [3.63, 3.8) is 0 Å². The molecular weight excluding hydrogens is 230 g/mol. The topological polar surface area (TPSA) is 21.3 Å². The molecule has 0 heterocycles. The van der Waals surface area contributed by atoms with Crippen LogP contribution in [0.3, 0.4) is 0 Å². The molecule has 0 saturated carbocycles. The van der Waals surface area contributed by atoms with Crippen molar-refractivity contribution in [3.05, 3.63) is 24.3 Å². The van der Waals surface area contributed by atoms with Crippen molar-refractivity contribution in [2.75, 3.05) is 26.0 Å². The Morgan fingerprint density at radius 3 is 2.53 bits per heavy atom. The van der Waals surface area contributed by atoms with E-state index in [1.54, 1.807) is 11.8 Å². The number of hydrogen-bond acceptors (Lipinski definition) is 3. The number of thioether (sulfide) groups is 1. The van der Waals surface area contributed by atoms with E-state index in [1.165, 1.54) is 17.7 Å². The Kier molecular flexibility index (Phi) is 7.93. The van der Waals surface area contributed by atoms with E-state index in [2.05, 4.69) is 30.6 Å². The van der Waals surface area contributed by atoms with Gasteiger partial charge in [0.05, 0.1) is 6.61 Å². The summed E-state index contributed by atoms with van der Waals surface area (Å²) in [6.07, 6.45) is 5.69. The largest absolute Gasteiger partial charge is 0.494 e. The average molecular weight is 253 g/mol. The molecule has 1 aromatic rings. The van der Waals surface area contributed by atoms with Gasteiger partial charge in [-0.25, -0.2) is 0 Å². The second-order valence-electron chi connectivity index (χ2n) is 3.94. The third-order valence-corrected chi connectivity index (χ3v) is 3.32. The highest BCUT2D eigenvalue weighted by Crippen LogP contribution is 2.19. The van der Waals surface area contributed by atoms with Crippen molar-refractivity contribution in [3.8, 4) is 5.75 Å². The van der Waals surface area contributed by atoms with Crippen LogP contribution in [0.2, 0.25) is 0 Å². The fraction of sp³-hybridized carbons (Fsp3) is 0.571. The maximum Gasteiger partial charge on any atom is 0.119 e. The summed E-state index contributed by atoms with van der Waals surface area (Å²) in [4.78, 5) is 1.28. The molecule has 0 unspecified atom stereocenters. The van der Waals surface area contributed by atoms with Gasteiger partial charge in [-0.2, -0.15) is 0 Å². The molecule has 1 rings (SSSR count). The van der Waals surface area contributed by atoms with E-state index in [1.807, 2.05) is 12.1 Å². The second kappa shape index (κ2) is 9.37. The molecule has 1 aromatic carbocycles. The average Bonchev–Trinajstić information content (AvgIpc) is 2.38. The summed E-state index contributed by atoms with van der Waals surface area (Å²) in [5, 5.41) is 3.33. The molecule has 0 atom stereocenters. The summed E-state index contributed by atoms with van der Waals surface area (Å²) in [5.74, 6) is 0.981. The Labute approximate surface area is 109 Å². The monoisotopic (exact) mass is 253 g/mol. The first kappa shape index (κ1) is 14.4. The van der Waals surface area contributed by atoms with Crippen LogP contribution >= 0.6 is 11.8 Å². The SMILES string of the molecule is CCNCCCCCOc1ccc(SC)cc1. The first-order valence-corrected chi connectivity index (χ1v) is 7.57. The van der Waals surface area contributed by atoms with E-state index in [-0.39, 0.29) is 0 Å². The Balaban J connectivity index is 2.05. The lowest BCUT2D eigenvalue weighted by atomic mass is 10.2. The van der Waals surface area contributed by atoms with Crippen molar-refractivity contribution in [2.45, 2.75) is 31.1 Å². The van der Waals surface area contributed by atoms with Crippen LogP contribution in [-0.2, 0) is 0 Å². The molecule has 0 amide bonds. The summed E-state index contributed by atoms with van der Waals surface area (Å²) < 4.78 is 5.68. The molecule has 0 saturated heterocycles. The number of nitrogens with one attached hydrogen (secondary N) is 1. The maximum absolute atomic E-state index is 5.68. The second-order valence-corrected chi connectivity index (χ2v) is 4.82. The standard InChI is InChI=1S/C14H23NOS/c1-3-15-11-5-4-6-12-16-13-7-9-14(17-2)10-8-13/h7-10,15H,3-6,11-12H2,1-2H3. The molecular formula is C14H23NOS. The van der Waals surface area contributed by atoms with Gasteiger partial charge in [-0.15, -0.1) is 11.8 Å². The van der Waals surface area contributed by atoms with Crippen LogP contribution < -0.4 is 10.1 Å². The predicted octanol–water partition coefficient (Wildman–Crippen LogP) is 3.57. The molecule has 0 aromatic heterocycles. The van der Waals surface area contributed by atoms with Gasteiger partial charge >= 0.3 is 0 Å². The summed E-state index contributed by atoms with van der Waals surface area (Å²) in [6, 6.07) is 8.30. The zero-order chi connectivity index (χ0) is 12.3. The van der Waals surface area contributed by atoms with Gasteiger partial charge in [0.25, 0.3) is 0 Å². The Hall–Kier alpha value is -0.670. The van der Waals surface area contributed by atoms with Gasteiger partial charge < -0.3 is 10.1 Å². The van der Waals surface area contributed by atoms with Gasteiger partial charge in [0.15, 0.2) is 0 Å². The lowest BCUT2D eigenvalue weighted by molar-refractivity contribution is 0.305. The molecule has 2 nitrogen and oxygen atoms in total. The van der Waals surface area contributed by atoms with Crippen LogP contribution in [0.25, 0.3) is 0 Å². The summed E-state index contributed by atoms with van der Waals surface area (Å²) in [6.45, 7) is 5.16. The molecule has 96 valence electrons. The first-order valence-electron chi connectivity index (χ1n) is 6.34. The minimum atomic E-state index is 0.824. The molecule has 0 aliphatic carbocycles. The van der Waals surface area contributed by atoms with Crippen LogP contribution in [-0.4, -0.2) is 26.0 Å². The van der Waals surface area contributed by atoms with Gasteiger partial charge in [0, 0.05) is 4.90 Å². The smallest absolute Gasteiger partial charge is 0.119 e. The highest BCUT2D eigenvalue weighted by atomic mass is 32.2. The molecule has 3 heteroatoms. The third-order valence-electron chi connectivity index (χ3n) is 2.58. The summed E-state index contributed by atoms with van der Waals surface area (Å²) in [7, 11) is 0. The lowest BCUT2D eigenvalue weighted by Gasteiger charge is -2.06. The van der Waals surface area contributed by atoms with Crippen molar-refractivity contribution < 1.29 is 4.74 Å². The number of benzene rings is 1. The molecule has 1 N–H and O–H groups in total. The van der Waals surface area contributed by atoms with E-state index in [0.717, 1.165) is 31.9 Å². The minimum Gasteiger partial charge on any atom is -0.494 e. The number of rotatable bonds is 9. The van der Waals surface area contributed by atoms with Crippen molar-refractivity contribution >= 4 is 11.8 Å². The van der Waals surface area contributed by atoms with E-state index < -0.39 is 0 Å². The highest BCUT2D eigenvalue weighted by Gasteiger charge is 1.95. The van der Waals surface area contributed by atoms with Crippen LogP contribution in [0, 0.1) is 0 Å². The molecule has 0 fully saturated rings. The van der Waals surface area contributed by atoms with Gasteiger partial charge in [0.2, 0.25) is 0 Å². The molecule has 0 aliphatic rings. The zero-order valence-corrected chi connectivity index (χ0v) is 11.7. The van der Waals surface area contributed by atoms with Crippen LogP contribution in [0.4, 0.5) is 0 Å². The van der Waals surface area contributed by atoms with Crippen LogP contribution in [0.15, 0.2) is 29.2 Å². The minimum absolute atomic E-state index is 0.824. The normalized spacial score (nSPS) is 10.5. The molecule has 0 spiro atoms. The quantitative estimate of drug-likeness (QED) is 0.537. The highest BCUT2D eigenvalue weighted by molar-refractivity contribution is 7.98. The van der Waals surface area contributed by atoms with Crippen molar-refractivity contribution in [1.82, 2.24) is 5.32 Å². The van der Waals surface area contributed by atoms with Crippen molar-refractivity contribution in [2.24, 2.45) is 0 Å². The number of unbranched alkanes of at least 4 members (excludes halogenated alkanes) is 2. The van der Waals surface area contributed by atoms with E-state index in [4.69, 9.17) is 4.74 Å². The van der Waals surface area contributed by atoms with E-state index >= 15 is 0 Å². The van der Waals surface area contributed by atoms with Crippen LogP contribution in [0.1, 0.15) is 26.2 Å². The van der Waals surface area contributed by atoms with E-state index in [0.29, 0.717) is 0 Å². The van der Waals surface area contributed by atoms with Gasteiger partial charge in [-0.05, 0) is 62.9 Å². The third kappa shape index (κ3) is 6.59. The fourth-order valence-corrected chi connectivity index (χ4v) is 1.98. The van der Waals surface area contributed by atoms with E-state index in [9.17, 15) is 0 Å². The fourth-order valence-electron chi connectivity index (χ4n) is 1.57. The lowest BCUT2D eigenvalue weighted by Crippen LogP contribution is -2.14. The molecule has 0 bridgehead atoms. The predicted molar refractivity (Wildman–Crippen MR) is 76.1 cm³/mol. The van der Waals surface area contributed by atoms with Gasteiger partial charge in [-0.1, -0.05) is 6.92 Å². The van der Waals surface area contributed by atoms with Gasteiger partial charge in [0.1, 0.15) is 5.75 Å². The first-order chi connectivity index (χ1) is 8.36. The molecule has 0 radical (unpaired) electrons. The van der Waals surface area contributed by atoms with Crippen molar-refractivity contribution in [1.29, 1.82) is 0 Å². The molecule has 17 heavy (non-hydrogen) atoms. The number of hydrogen-bond donors (Lipinski definition) is 1. The Bertz CT molecular complexity index is 287. The summed E-state index contributed by atoms with van der Waals surface area (Å²) >= 11 is 1.75. The summed E-state index contributed by atoms with van der Waals surface area (Å²) in [5.41, 5.74) is 0. The number of ether oxygens (including phenoxy) is 1.